The first-order valence-electron chi connectivity index (χ1n) is 14.9. The molecule has 232 valence electrons. The summed E-state index contributed by atoms with van der Waals surface area (Å²) >= 11 is 3.41. The Morgan fingerprint density at radius 1 is 1.23 bits per heavy atom. The van der Waals surface area contributed by atoms with E-state index in [1.165, 1.54) is 10.4 Å². The molecule has 1 saturated heterocycles. The summed E-state index contributed by atoms with van der Waals surface area (Å²) in [7, 11) is -0.537. The van der Waals surface area contributed by atoms with Crippen LogP contribution in [0.2, 0.25) is 0 Å². The molecule has 3 aliphatic heterocycles. The quantitative estimate of drug-likeness (QED) is 0.372. The lowest BCUT2D eigenvalue weighted by Crippen LogP contribution is -2.77. The molecule has 2 aromatic carbocycles. The summed E-state index contributed by atoms with van der Waals surface area (Å²) < 4.78 is 48.1. The minimum absolute atomic E-state index is 0.171. The highest BCUT2D eigenvalue weighted by molar-refractivity contribution is 9.10. The van der Waals surface area contributed by atoms with Crippen molar-refractivity contribution in [1.29, 1.82) is 0 Å². The van der Waals surface area contributed by atoms with Gasteiger partial charge in [-0.3, -0.25) is 4.79 Å². The number of furan rings is 1. The van der Waals surface area contributed by atoms with Gasteiger partial charge in [0.2, 0.25) is 15.9 Å². The third-order valence-electron chi connectivity index (χ3n) is 10.1. The van der Waals surface area contributed by atoms with Crippen LogP contribution in [-0.4, -0.2) is 73.1 Å². The molecule has 1 aromatic heterocycles. The Hall–Kier alpha value is -3.12. The first kappa shape index (κ1) is 29.6. The topological polar surface area (TPSA) is 110 Å². The molecule has 2 aliphatic carbocycles. The van der Waals surface area contributed by atoms with E-state index in [2.05, 4.69) is 15.9 Å². The molecule has 44 heavy (non-hydrogen) atoms. The Morgan fingerprint density at radius 3 is 2.82 bits per heavy atom. The maximum absolute atomic E-state index is 14.1. The molecule has 1 amide bonds. The second kappa shape index (κ2) is 10.8. The predicted octanol–water partition coefficient (Wildman–Crippen LogP) is 4.82. The van der Waals surface area contributed by atoms with E-state index in [0.717, 1.165) is 23.1 Å². The van der Waals surface area contributed by atoms with E-state index in [-0.39, 0.29) is 23.3 Å². The van der Waals surface area contributed by atoms with Gasteiger partial charge < -0.3 is 23.9 Å². The summed E-state index contributed by atoms with van der Waals surface area (Å²) in [4.78, 5) is 15.2. The number of ether oxygens (including phenoxy) is 2. The third kappa shape index (κ3) is 4.71. The van der Waals surface area contributed by atoms with Crippen molar-refractivity contribution in [3.63, 3.8) is 0 Å². The second-order valence-corrected chi connectivity index (χ2v) is 15.4. The van der Waals surface area contributed by atoms with Gasteiger partial charge in [0.1, 0.15) is 6.10 Å². The molecular weight excluding hydrogens is 648 g/mol. The van der Waals surface area contributed by atoms with Crippen molar-refractivity contribution in [2.75, 3.05) is 20.7 Å². The van der Waals surface area contributed by atoms with Gasteiger partial charge in [-0.25, -0.2) is 8.42 Å². The summed E-state index contributed by atoms with van der Waals surface area (Å²) in [6.45, 7) is 0.335. The number of halogens is 1. The van der Waals surface area contributed by atoms with Crippen LogP contribution in [0.15, 0.2) is 74.9 Å². The fourth-order valence-corrected chi connectivity index (χ4v) is 10.5. The number of likely N-dealkylation sites (N-methyl/N-ethyl adjacent to an activating group) is 1. The van der Waals surface area contributed by atoms with Crippen LogP contribution < -0.4 is 9.47 Å². The van der Waals surface area contributed by atoms with Gasteiger partial charge in [0.25, 0.3) is 0 Å². The lowest BCUT2D eigenvalue weighted by molar-refractivity contribution is -0.185. The van der Waals surface area contributed by atoms with Gasteiger partial charge in [0.15, 0.2) is 11.5 Å². The molecule has 11 heteroatoms. The lowest BCUT2D eigenvalue weighted by atomic mass is 9.55. The van der Waals surface area contributed by atoms with Crippen LogP contribution >= 0.6 is 15.9 Å². The number of hydrogen-bond donors (Lipinski definition) is 1. The Labute approximate surface area is 265 Å². The van der Waals surface area contributed by atoms with E-state index in [4.69, 9.17) is 13.9 Å². The maximum Gasteiger partial charge on any atom is 0.246 e. The number of benzene rings is 2. The van der Waals surface area contributed by atoms with Gasteiger partial charge in [-0.05, 0) is 74.1 Å². The number of hydrogen-bond acceptors (Lipinski definition) is 7. The highest BCUT2D eigenvalue weighted by Crippen LogP contribution is 2.58. The SMILES string of the molecule is COc1ccc2c3c1OC1C[C@@](O)(CC[C@H]1N(C)C(=O)/C=C\c1ccoc1)[C@@H]1N(S(=O)(=O)c4cccc(Br)c4)C[C@@]1(CC3)C2. The molecule has 2 fully saturated rings. The molecule has 1 spiro atoms. The predicted molar refractivity (Wildman–Crippen MR) is 167 cm³/mol. The van der Waals surface area contributed by atoms with E-state index in [9.17, 15) is 18.3 Å². The van der Waals surface area contributed by atoms with Crippen molar-refractivity contribution in [3.05, 3.63) is 82.2 Å². The Morgan fingerprint density at radius 2 is 2.07 bits per heavy atom. The fourth-order valence-electron chi connectivity index (χ4n) is 8.04. The standard InChI is InChI=1S/C33H35BrN2O7S/c1-35(29(37)9-6-21-12-15-42-19-21)26-11-14-33(38)18-28(26)43-30-25-10-13-32(17-22(25)7-8-27(30)41-2)20-36(31(32)33)44(39,40)24-5-3-4-23(34)16-24/h3-9,12,15-16,19,26,28,31,38H,10-11,13-14,17-18,20H2,1-2H3/b9-6-/t26-,28?,31-,32-,33+/m1/s1. The van der Waals surface area contributed by atoms with Gasteiger partial charge >= 0.3 is 0 Å². The fraction of sp³-hybridized carbons (Fsp3) is 0.424. The van der Waals surface area contributed by atoms with Crippen molar-refractivity contribution < 1.29 is 32.2 Å². The van der Waals surface area contributed by atoms with E-state index in [1.54, 1.807) is 68.0 Å². The first-order chi connectivity index (χ1) is 21.0. The summed E-state index contributed by atoms with van der Waals surface area (Å²) in [6, 6.07) is 11.4. The molecular formula is C33H35BrN2O7S. The Bertz CT molecular complexity index is 1740. The number of carbonyl (C=O) groups is 1. The number of aliphatic hydroxyl groups is 1. The van der Waals surface area contributed by atoms with E-state index >= 15 is 0 Å². The molecule has 6 bridgehead atoms. The van der Waals surface area contributed by atoms with Crippen LogP contribution in [0.3, 0.4) is 0 Å². The molecule has 5 aliphatic rings. The molecule has 1 saturated carbocycles. The van der Waals surface area contributed by atoms with E-state index in [0.29, 0.717) is 48.2 Å². The average molecular weight is 684 g/mol. The maximum atomic E-state index is 14.1. The second-order valence-electron chi connectivity index (χ2n) is 12.6. The Kier molecular flexibility index (Phi) is 7.23. The van der Waals surface area contributed by atoms with E-state index < -0.39 is 33.2 Å². The van der Waals surface area contributed by atoms with Crippen molar-refractivity contribution in [2.24, 2.45) is 5.41 Å². The molecule has 1 unspecified atom stereocenters. The average Bonchev–Trinajstić information content (AvgIpc) is 3.52. The zero-order valence-corrected chi connectivity index (χ0v) is 27.0. The molecule has 5 atom stereocenters. The summed E-state index contributed by atoms with van der Waals surface area (Å²) in [5, 5.41) is 12.6. The molecule has 4 heterocycles. The van der Waals surface area contributed by atoms with Crippen LogP contribution in [0, 0.1) is 5.41 Å². The summed E-state index contributed by atoms with van der Waals surface area (Å²) in [6.07, 6.45) is 8.71. The van der Waals surface area contributed by atoms with Crippen LogP contribution in [-0.2, 0) is 27.7 Å². The van der Waals surface area contributed by atoms with Crippen LogP contribution in [0.5, 0.6) is 11.5 Å². The summed E-state index contributed by atoms with van der Waals surface area (Å²) in [5.41, 5.74) is 1.14. The van der Waals surface area contributed by atoms with Crippen LogP contribution in [0.4, 0.5) is 0 Å². The largest absolute Gasteiger partial charge is 0.493 e. The number of sulfonamides is 1. The van der Waals surface area contributed by atoms with Crippen molar-refractivity contribution in [2.45, 2.75) is 67.2 Å². The zero-order chi connectivity index (χ0) is 30.9. The molecule has 9 nitrogen and oxygen atoms in total. The number of nitrogens with zero attached hydrogens (tertiary/aromatic N) is 2. The highest BCUT2D eigenvalue weighted by Gasteiger charge is 2.66. The highest BCUT2D eigenvalue weighted by atomic mass is 79.9. The lowest BCUT2D eigenvalue weighted by Gasteiger charge is -2.65. The van der Waals surface area contributed by atoms with Crippen LogP contribution in [0.25, 0.3) is 6.08 Å². The number of rotatable bonds is 6. The molecule has 3 aromatic rings. The number of carbonyl (C=O) groups excluding carboxylic acids is 1. The number of methoxy groups -OCH3 is 1. The monoisotopic (exact) mass is 682 g/mol. The molecule has 1 N–H and O–H groups in total. The summed E-state index contributed by atoms with van der Waals surface area (Å²) in [5.74, 6) is 1.07. The molecule has 0 radical (unpaired) electrons. The van der Waals surface area contributed by atoms with Crippen molar-refractivity contribution in [3.8, 4) is 11.5 Å². The number of amides is 1. The van der Waals surface area contributed by atoms with Gasteiger partial charge in [-0.15, -0.1) is 0 Å². The first-order valence-corrected chi connectivity index (χ1v) is 17.1. The number of fused-ring (bicyclic) bond motifs is 1. The zero-order valence-electron chi connectivity index (χ0n) is 24.6. The van der Waals surface area contributed by atoms with Crippen molar-refractivity contribution in [1.82, 2.24) is 9.21 Å². The van der Waals surface area contributed by atoms with Gasteiger partial charge in [-0.2, -0.15) is 4.31 Å². The van der Waals surface area contributed by atoms with Gasteiger partial charge in [0, 0.05) is 47.1 Å². The minimum atomic E-state index is -3.90. The van der Waals surface area contributed by atoms with Crippen molar-refractivity contribution >= 4 is 37.9 Å². The third-order valence-corrected chi connectivity index (χ3v) is 12.4. The normalized spacial score (nSPS) is 29.4. The molecule has 8 rings (SSSR count). The smallest absolute Gasteiger partial charge is 0.246 e. The Balaban J connectivity index is 1.29. The van der Waals surface area contributed by atoms with Gasteiger partial charge in [0.05, 0.1) is 42.2 Å². The minimum Gasteiger partial charge on any atom is -0.493 e. The van der Waals surface area contributed by atoms with Gasteiger partial charge in [-0.1, -0.05) is 28.1 Å². The van der Waals surface area contributed by atoms with E-state index in [1.807, 2.05) is 12.1 Å². The van der Waals surface area contributed by atoms with Crippen LogP contribution in [0.1, 0.15) is 42.4 Å².